The van der Waals surface area contributed by atoms with E-state index in [1.54, 1.807) is 6.08 Å². The van der Waals surface area contributed by atoms with Gasteiger partial charge in [-0.05, 0) is 36.3 Å². The normalized spacial score (nSPS) is 11.3. The molecule has 2 aromatic rings. The SMILES string of the molecule is CCc1ccc2[nH]c(/C=C/C(=O)O)cc2c1. The third-order valence-corrected chi connectivity index (χ3v) is 2.52. The third-order valence-electron chi connectivity index (χ3n) is 2.52. The molecule has 0 unspecified atom stereocenters. The molecule has 16 heavy (non-hydrogen) atoms. The molecule has 1 aromatic heterocycles. The number of carboxylic acid groups (broad SMARTS) is 1. The van der Waals surface area contributed by atoms with E-state index < -0.39 is 5.97 Å². The van der Waals surface area contributed by atoms with E-state index in [2.05, 4.69) is 24.0 Å². The average molecular weight is 215 g/mol. The van der Waals surface area contributed by atoms with Gasteiger partial charge in [-0.25, -0.2) is 4.79 Å². The minimum absolute atomic E-state index is 0.811. The number of carboxylic acids is 1. The number of benzene rings is 1. The third kappa shape index (κ3) is 2.14. The predicted octanol–water partition coefficient (Wildman–Crippen LogP) is 2.83. The highest BCUT2D eigenvalue weighted by atomic mass is 16.4. The van der Waals surface area contributed by atoms with Crippen molar-refractivity contribution in [2.75, 3.05) is 0 Å². The molecule has 0 saturated heterocycles. The van der Waals surface area contributed by atoms with Gasteiger partial charge in [0.15, 0.2) is 0 Å². The van der Waals surface area contributed by atoms with Crippen molar-refractivity contribution in [2.45, 2.75) is 13.3 Å². The summed E-state index contributed by atoms with van der Waals surface area (Å²) in [7, 11) is 0. The van der Waals surface area contributed by atoms with Gasteiger partial charge in [0, 0.05) is 22.7 Å². The molecule has 0 atom stereocenters. The van der Waals surface area contributed by atoms with Crippen molar-refractivity contribution in [3.05, 3.63) is 41.6 Å². The van der Waals surface area contributed by atoms with Gasteiger partial charge in [0.2, 0.25) is 0 Å². The van der Waals surface area contributed by atoms with Crippen LogP contribution in [0.3, 0.4) is 0 Å². The van der Waals surface area contributed by atoms with E-state index in [-0.39, 0.29) is 0 Å². The van der Waals surface area contributed by atoms with Gasteiger partial charge >= 0.3 is 5.97 Å². The second-order valence-electron chi connectivity index (χ2n) is 3.67. The summed E-state index contributed by atoms with van der Waals surface area (Å²) >= 11 is 0. The van der Waals surface area contributed by atoms with Gasteiger partial charge in [0.05, 0.1) is 0 Å². The molecule has 0 aliphatic heterocycles. The van der Waals surface area contributed by atoms with Crippen LogP contribution in [0.25, 0.3) is 17.0 Å². The lowest BCUT2D eigenvalue weighted by Gasteiger charge is -1.94. The number of fused-ring (bicyclic) bond motifs is 1. The van der Waals surface area contributed by atoms with Gasteiger partial charge in [-0.1, -0.05) is 13.0 Å². The lowest BCUT2D eigenvalue weighted by molar-refractivity contribution is -0.131. The fourth-order valence-electron chi connectivity index (χ4n) is 1.68. The minimum atomic E-state index is -0.937. The first-order chi connectivity index (χ1) is 7.69. The molecule has 0 saturated carbocycles. The highest BCUT2D eigenvalue weighted by Gasteiger charge is 1.99. The number of H-pyrrole nitrogens is 1. The molecule has 0 fully saturated rings. The van der Waals surface area contributed by atoms with Crippen LogP contribution in [0.2, 0.25) is 0 Å². The van der Waals surface area contributed by atoms with Crippen molar-refractivity contribution >= 4 is 22.9 Å². The molecular formula is C13H13NO2. The van der Waals surface area contributed by atoms with Gasteiger partial charge in [-0.2, -0.15) is 0 Å². The number of aromatic nitrogens is 1. The number of hydrogen-bond donors (Lipinski definition) is 2. The Hall–Kier alpha value is -2.03. The summed E-state index contributed by atoms with van der Waals surface area (Å²) in [5, 5.41) is 9.65. The predicted molar refractivity (Wildman–Crippen MR) is 64.3 cm³/mol. The lowest BCUT2D eigenvalue weighted by Crippen LogP contribution is -1.85. The topological polar surface area (TPSA) is 53.1 Å². The molecule has 0 aliphatic rings. The van der Waals surface area contributed by atoms with Crippen molar-refractivity contribution in [2.24, 2.45) is 0 Å². The second-order valence-corrected chi connectivity index (χ2v) is 3.67. The first kappa shape index (κ1) is 10.5. The van der Waals surface area contributed by atoms with Crippen LogP contribution < -0.4 is 0 Å². The van der Waals surface area contributed by atoms with Gasteiger partial charge in [0.25, 0.3) is 0 Å². The summed E-state index contributed by atoms with van der Waals surface area (Å²) in [6, 6.07) is 8.16. The van der Waals surface area contributed by atoms with Crippen LogP contribution in [0.15, 0.2) is 30.3 Å². The molecule has 0 radical (unpaired) electrons. The zero-order chi connectivity index (χ0) is 11.5. The number of aryl methyl sites for hydroxylation is 1. The number of hydrogen-bond acceptors (Lipinski definition) is 1. The Morgan fingerprint density at radius 1 is 1.44 bits per heavy atom. The van der Waals surface area contributed by atoms with Gasteiger partial charge in [0.1, 0.15) is 0 Å². The lowest BCUT2D eigenvalue weighted by atomic mass is 10.1. The largest absolute Gasteiger partial charge is 0.478 e. The van der Waals surface area contributed by atoms with Gasteiger partial charge < -0.3 is 10.1 Å². The van der Waals surface area contributed by atoms with Crippen LogP contribution in [0.4, 0.5) is 0 Å². The van der Waals surface area contributed by atoms with Crippen molar-refractivity contribution < 1.29 is 9.90 Å². The Balaban J connectivity index is 2.40. The van der Waals surface area contributed by atoms with E-state index in [0.717, 1.165) is 29.1 Å². The van der Waals surface area contributed by atoms with E-state index in [1.807, 2.05) is 12.1 Å². The summed E-state index contributed by atoms with van der Waals surface area (Å²) in [4.78, 5) is 13.5. The number of aromatic amines is 1. The molecule has 2 N–H and O–H groups in total. The zero-order valence-corrected chi connectivity index (χ0v) is 9.03. The van der Waals surface area contributed by atoms with E-state index >= 15 is 0 Å². The van der Waals surface area contributed by atoms with Crippen LogP contribution in [-0.2, 0) is 11.2 Å². The maximum atomic E-state index is 10.4. The zero-order valence-electron chi connectivity index (χ0n) is 9.03. The van der Waals surface area contributed by atoms with E-state index in [4.69, 9.17) is 5.11 Å². The van der Waals surface area contributed by atoms with Crippen molar-refractivity contribution in [1.82, 2.24) is 4.98 Å². The second kappa shape index (κ2) is 4.23. The van der Waals surface area contributed by atoms with E-state index in [1.165, 1.54) is 5.56 Å². The molecular weight excluding hydrogens is 202 g/mol. The molecule has 0 bridgehead atoms. The average Bonchev–Trinajstić information content (AvgIpc) is 2.67. The Kier molecular flexibility index (Phi) is 2.77. The molecule has 0 spiro atoms. The maximum absolute atomic E-state index is 10.4. The highest BCUT2D eigenvalue weighted by Crippen LogP contribution is 2.18. The molecule has 1 aromatic carbocycles. The van der Waals surface area contributed by atoms with Crippen molar-refractivity contribution in [1.29, 1.82) is 0 Å². The number of aliphatic carboxylic acids is 1. The first-order valence-electron chi connectivity index (χ1n) is 5.21. The Bertz CT molecular complexity index is 552. The van der Waals surface area contributed by atoms with Gasteiger partial charge in [-0.3, -0.25) is 0 Å². The van der Waals surface area contributed by atoms with Crippen LogP contribution in [-0.4, -0.2) is 16.1 Å². The number of carbonyl (C=O) groups is 1. The fraction of sp³-hybridized carbons (Fsp3) is 0.154. The standard InChI is InChI=1S/C13H13NO2/c1-2-9-3-5-12-10(7-9)8-11(14-12)4-6-13(15)16/h3-8,14H,2H2,1H3,(H,15,16)/b6-4+. The van der Waals surface area contributed by atoms with Gasteiger partial charge in [-0.15, -0.1) is 0 Å². The van der Waals surface area contributed by atoms with Crippen LogP contribution in [0, 0.1) is 0 Å². The molecule has 3 heteroatoms. The van der Waals surface area contributed by atoms with Crippen LogP contribution in [0.5, 0.6) is 0 Å². The van der Waals surface area contributed by atoms with Crippen molar-refractivity contribution in [3.8, 4) is 0 Å². The monoisotopic (exact) mass is 215 g/mol. The maximum Gasteiger partial charge on any atom is 0.328 e. The van der Waals surface area contributed by atoms with Crippen molar-refractivity contribution in [3.63, 3.8) is 0 Å². The Morgan fingerprint density at radius 3 is 2.94 bits per heavy atom. The van der Waals surface area contributed by atoms with E-state index in [0.29, 0.717) is 0 Å². The summed E-state index contributed by atoms with van der Waals surface area (Å²) in [5.74, 6) is -0.937. The van der Waals surface area contributed by atoms with E-state index in [9.17, 15) is 4.79 Å². The first-order valence-corrected chi connectivity index (χ1v) is 5.21. The highest BCUT2D eigenvalue weighted by molar-refractivity contribution is 5.88. The smallest absolute Gasteiger partial charge is 0.328 e. The van der Waals surface area contributed by atoms with Crippen LogP contribution >= 0.6 is 0 Å². The molecule has 2 rings (SSSR count). The Morgan fingerprint density at radius 2 is 2.25 bits per heavy atom. The molecule has 3 nitrogen and oxygen atoms in total. The number of rotatable bonds is 3. The molecule has 0 aliphatic carbocycles. The Labute approximate surface area is 93.4 Å². The summed E-state index contributed by atoms with van der Waals surface area (Å²) in [6.45, 7) is 2.11. The minimum Gasteiger partial charge on any atom is -0.478 e. The van der Waals surface area contributed by atoms with Crippen LogP contribution in [0.1, 0.15) is 18.2 Å². The summed E-state index contributed by atoms with van der Waals surface area (Å²) in [5.41, 5.74) is 3.12. The number of nitrogens with one attached hydrogen (secondary N) is 1. The molecule has 82 valence electrons. The fourth-order valence-corrected chi connectivity index (χ4v) is 1.68. The molecule has 1 heterocycles. The quantitative estimate of drug-likeness (QED) is 0.773. The summed E-state index contributed by atoms with van der Waals surface area (Å²) in [6.07, 6.45) is 3.70. The molecule has 0 amide bonds. The summed E-state index contributed by atoms with van der Waals surface area (Å²) < 4.78 is 0.